The van der Waals surface area contributed by atoms with Crippen molar-refractivity contribution in [3.05, 3.63) is 53.6 Å². The predicted molar refractivity (Wildman–Crippen MR) is 117 cm³/mol. The van der Waals surface area contributed by atoms with Crippen LogP contribution >= 0.6 is 0 Å². The van der Waals surface area contributed by atoms with E-state index in [1.165, 1.54) is 0 Å². The van der Waals surface area contributed by atoms with E-state index in [4.69, 9.17) is 14.2 Å². The Morgan fingerprint density at radius 3 is 2.73 bits per heavy atom. The molecule has 2 aromatic carbocycles. The zero-order valence-corrected chi connectivity index (χ0v) is 18.1. The Hall–Kier alpha value is -2.73. The van der Waals surface area contributed by atoms with Gasteiger partial charge in [-0.05, 0) is 36.6 Å². The molecule has 1 atom stereocenters. The Labute approximate surface area is 179 Å². The molecule has 3 rings (SSSR count). The number of carbonyl (C=O) groups excluding carboxylic acids is 1. The van der Waals surface area contributed by atoms with Gasteiger partial charge in [0.15, 0.2) is 11.5 Å². The summed E-state index contributed by atoms with van der Waals surface area (Å²) in [5.41, 5.74) is 2.09. The molecule has 6 heteroatoms. The summed E-state index contributed by atoms with van der Waals surface area (Å²) in [5.74, 6) is 2.27. The third-order valence-electron chi connectivity index (χ3n) is 5.31. The highest BCUT2D eigenvalue weighted by atomic mass is 16.5. The number of unbranched alkanes of at least 4 members (excludes halogenated alkanes) is 1. The lowest BCUT2D eigenvalue weighted by molar-refractivity contribution is -0.122. The Kier molecular flexibility index (Phi) is 7.97. The van der Waals surface area contributed by atoms with E-state index >= 15 is 0 Å². The largest absolute Gasteiger partial charge is 0.493 e. The van der Waals surface area contributed by atoms with Crippen LogP contribution in [-0.4, -0.2) is 44.2 Å². The Bertz CT molecular complexity index is 840. The van der Waals surface area contributed by atoms with E-state index in [9.17, 15) is 4.79 Å². The van der Waals surface area contributed by atoms with E-state index in [1.807, 2.05) is 36.4 Å². The normalized spacial score (nSPS) is 16.2. The molecule has 0 fully saturated rings. The minimum atomic E-state index is -0.00147. The number of nitrogens with zero attached hydrogens (tertiary/aromatic N) is 1. The summed E-state index contributed by atoms with van der Waals surface area (Å²) in [5, 5.41) is 3.02. The number of para-hydroxylation sites is 1. The molecule has 1 amide bonds. The van der Waals surface area contributed by atoms with Crippen LogP contribution in [0.5, 0.6) is 17.2 Å². The van der Waals surface area contributed by atoms with E-state index < -0.39 is 0 Å². The van der Waals surface area contributed by atoms with Gasteiger partial charge in [-0.3, -0.25) is 9.69 Å². The van der Waals surface area contributed by atoms with Crippen molar-refractivity contribution in [2.75, 3.05) is 27.3 Å². The van der Waals surface area contributed by atoms with Crippen LogP contribution in [0.4, 0.5) is 0 Å². The first-order valence-corrected chi connectivity index (χ1v) is 10.6. The van der Waals surface area contributed by atoms with Crippen molar-refractivity contribution in [2.45, 2.75) is 45.4 Å². The van der Waals surface area contributed by atoms with Gasteiger partial charge in [0.25, 0.3) is 0 Å². The zero-order chi connectivity index (χ0) is 21.3. The lowest BCUT2D eigenvalue weighted by Gasteiger charge is -2.23. The molecule has 2 aromatic rings. The van der Waals surface area contributed by atoms with Crippen LogP contribution in [0.1, 0.15) is 37.3 Å². The monoisotopic (exact) mass is 412 g/mol. The first-order valence-electron chi connectivity index (χ1n) is 10.6. The van der Waals surface area contributed by atoms with Crippen molar-refractivity contribution in [1.29, 1.82) is 0 Å². The molecule has 1 aliphatic heterocycles. The first kappa shape index (κ1) is 22.0. The highest BCUT2D eigenvalue weighted by Gasteiger charge is 2.23. The Morgan fingerprint density at radius 2 is 1.97 bits per heavy atom. The summed E-state index contributed by atoms with van der Waals surface area (Å²) >= 11 is 0. The molecule has 1 heterocycles. The summed E-state index contributed by atoms with van der Waals surface area (Å²) in [4.78, 5) is 14.8. The van der Waals surface area contributed by atoms with Gasteiger partial charge in [-0.1, -0.05) is 37.6 Å². The van der Waals surface area contributed by atoms with Gasteiger partial charge in [0.2, 0.25) is 5.91 Å². The van der Waals surface area contributed by atoms with Gasteiger partial charge in [0.05, 0.1) is 20.8 Å². The molecule has 0 saturated heterocycles. The highest BCUT2D eigenvalue weighted by Crippen LogP contribution is 2.28. The Balaban J connectivity index is 1.60. The number of nitrogens with one attached hydrogen (secondary N) is 1. The topological polar surface area (TPSA) is 60.0 Å². The molecule has 30 heavy (non-hydrogen) atoms. The molecule has 1 aliphatic rings. The fourth-order valence-corrected chi connectivity index (χ4v) is 3.71. The molecule has 0 aliphatic carbocycles. The van der Waals surface area contributed by atoms with Gasteiger partial charge >= 0.3 is 0 Å². The molecular formula is C24H32N2O4. The number of benzene rings is 2. The molecule has 0 aromatic heterocycles. The quantitative estimate of drug-likeness (QED) is 0.679. The van der Waals surface area contributed by atoms with E-state index in [0.717, 1.165) is 42.7 Å². The molecule has 1 N–H and O–H groups in total. The summed E-state index contributed by atoms with van der Waals surface area (Å²) in [6.45, 7) is 4.43. The van der Waals surface area contributed by atoms with Crippen molar-refractivity contribution in [3.8, 4) is 17.2 Å². The summed E-state index contributed by atoms with van der Waals surface area (Å²) in [6, 6.07) is 13.8. The number of hydrogen-bond acceptors (Lipinski definition) is 5. The molecule has 6 nitrogen and oxygen atoms in total. The fraction of sp³-hybridized carbons (Fsp3) is 0.458. The van der Waals surface area contributed by atoms with Crippen LogP contribution in [0.25, 0.3) is 0 Å². The standard InChI is InChI=1S/C24H32N2O4/c1-4-5-9-20-16-26(15-19-8-6-7-10-21(19)30-20)17-24(27)25-14-18-11-12-22(28-2)23(13-18)29-3/h6-8,10-13,20H,4-5,9,14-17H2,1-3H3,(H,25,27). The molecule has 0 bridgehead atoms. The van der Waals surface area contributed by atoms with Gasteiger partial charge in [-0.2, -0.15) is 0 Å². The molecule has 162 valence electrons. The van der Waals surface area contributed by atoms with Gasteiger partial charge in [0, 0.05) is 25.2 Å². The average molecular weight is 413 g/mol. The van der Waals surface area contributed by atoms with Crippen LogP contribution in [0.3, 0.4) is 0 Å². The van der Waals surface area contributed by atoms with E-state index in [2.05, 4.69) is 23.2 Å². The zero-order valence-electron chi connectivity index (χ0n) is 18.1. The number of methoxy groups -OCH3 is 2. The van der Waals surface area contributed by atoms with Gasteiger partial charge in [-0.15, -0.1) is 0 Å². The van der Waals surface area contributed by atoms with Crippen LogP contribution < -0.4 is 19.5 Å². The maximum atomic E-state index is 12.7. The van der Waals surface area contributed by atoms with Gasteiger partial charge < -0.3 is 19.5 Å². The van der Waals surface area contributed by atoms with E-state index in [0.29, 0.717) is 31.1 Å². The van der Waals surface area contributed by atoms with Crippen LogP contribution in [0.2, 0.25) is 0 Å². The van der Waals surface area contributed by atoms with Crippen LogP contribution in [0.15, 0.2) is 42.5 Å². The van der Waals surface area contributed by atoms with E-state index in [1.54, 1.807) is 14.2 Å². The maximum Gasteiger partial charge on any atom is 0.234 e. The smallest absolute Gasteiger partial charge is 0.234 e. The number of fused-ring (bicyclic) bond motifs is 1. The van der Waals surface area contributed by atoms with Gasteiger partial charge in [-0.25, -0.2) is 0 Å². The first-order chi connectivity index (χ1) is 14.6. The molecular weight excluding hydrogens is 380 g/mol. The van der Waals surface area contributed by atoms with Crippen molar-refractivity contribution in [3.63, 3.8) is 0 Å². The van der Waals surface area contributed by atoms with E-state index in [-0.39, 0.29) is 12.0 Å². The number of carbonyl (C=O) groups is 1. The highest BCUT2D eigenvalue weighted by molar-refractivity contribution is 5.78. The predicted octanol–water partition coefficient (Wildman–Crippen LogP) is 3.77. The van der Waals surface area contributed by atoms with Crippen molar-refractivity contribution in [1.82, 2.24) is 10.2 Å². The van der Waals surface area contributed by atoms with Crippen molar-refractivity contribution < 1.29 is 19.0 Å². The van der Waals surface area contributed by atoms with Crippen LogP contribution in [0, 0.1) is 0 Å². The number of hydrogen-bond donors (Lipinski definition) is 1. The van der Waals surface area contributed by atoms with Crippen molar-refractivity contribution >= 4 is 5.91 Å². The summed E-state index contributed by atoms with van der Waals surface area (Å²) < 4.78 is 16.8. The molecule has 1 unspecified atom stereocenters. The lowest BCUT2D eigenvalue weighted by atomic mass is 10.1. The van der Waals surface area contributed by atoms with Crippen LogP contribution in [-0.2, 0) is 17.9 Å². The molecule has 0 spiro atoms. The average Bonchev–Trinajstić information content (AvgIpc) is 2.94. The molecule has 0 radical (unpaired) electrons. The minimum Gasteiger partial charge on any atom is -0.493 e. The number of ether oxygens (including phenoxy) is 3. The maximum absolute atomic E-state index is 12.7. The third-order valence-corrected chi connectivity index (χ3v) is 5.31. The summed E-state index contributed by atoms with van der Waals surface area (Å²) in [7, 11) is 3.21. The second kappa shape index (κ2) is 10.9. The minimum absolute atomic E-state index is 0.00147. The Morgan fingerprint density at radius 1 is 1.17 bits per heavy atom. The van der Waals surface area contributed by atoms with Gasteiger partial charge in [0.1, 0.15) is 11.9 Å². The summed E-state index contributed by atoms with van der Waals surface area (Å²) in [6.07, 6.45) is 3.35. The third kappa shape index (κ3) is 5.89. The number of rotatable bonds is 9. The SMILES string of the molecule is CCCCC1CN(CC(=O)NCc2ccc(OC)c(OC)c2)Cc2ccccc2O1. The second-order valence-corrected chi connectivity index (χ2v) is 7.63. The number of amides is 1. The fourth-order valence-electron chi connectivity index (χ4n) is 3.71. The van der Waals surface area contributed by atoms with Crippen molar-refractivity contribution in [2.24, 2.45) is 0 Å². The second-order valence-electron chi connectivity index (χ2n) is 7.63. The lowest BCUT2D eigenvalue weighted by Crippen LogP contribution is -2.40. The molecule has 0 saturated carbocycles.